The normalized spacial score (nSPS) is 23.7. The van der Waals surface area contributed by atoms with Gasteiger partial charge in [0.2, 0.25) is 17.7 Å². The molecule has 11 N–H and O–H groups in total. The highest BCUT2D eigenvalue weighted by atomic mass is 16.5. The summed E-state index contributed by atoms with van der Waals surface area (Å²) in [5.74, 6) is -4.18. The Balaban J connectivity index is 2.99. The van der Waals surface area contributed by atoms with Crippen LogP contribution in [0.25, 0.3) is 0 Å². The van der Waals surface area contributed by atoms with E-state index >= 15 is 0 Å². The molecule has 0 aromatic rings. The maximum Gasteiger partial charge on any atom is 0.316 e. The Kier molecular flexibility index (Phi) is 15.2. The molecular weight excluding hydrogens is 496 g/mol. The molecule has 0 aromatic carbocycles. The average Bonchev–Trinajstić information content (AvgIpc) is 2.85. The molecule has 0 saturated carbocycles. The van der Waals surface area contributed by atoms with Crippen LogP contribution in [0.5, 0.6) is 0 Å². The van der Waals surface area contributed by atoms with Gasteiger partial charge in [-0.2, -0.15) is 0 Å². The SMILES string of the molecule is NCCCCC1NC(=O)NC(CC(N)=O)C(=O)NNC(=O)C(CO)NC(=O)COCCOCCNC1=O. The Hall–Kier alpha value is -3.54. The number of carbonyl (C=O) groups is 6. The van der Waals surface area contributed by atoms with Crippen LogP contribution in [0.3, 0.4) is 0 Å². The van der Waals surface area contributed by atoms with Crippen molar-refractivity contribution in [2.75, 3.05) is 46.1 Å². The Morgan fingerprint density at radius 3 is 2.16 bits per heavy atom. The van der Waals surface area contributed by atoms with Crippen molar-refractivity contribution in [1.82, 2.24) is 32.1 Å². The molecule has 0 aliphatic carbocycles. The molecule has 3 atom stereocenters. The quantitative estimate of drug-likeness (QED) is 0.141. The van der Waals surface area contributed by atoms with E-state index in [-0.39, 0.29) is 32.8 Å². The van der Waals surface area contributed by atoms with Crippen molar-refractivity contribution in [2.45, 2.75) is 43.8 Å². The molecule has 210 valence electrons. The summed E-state index contributed by atoms with van der Waals surface area (Å²) in [7, 11) is 0. The van der Waals surface area contributed by atoms with E-state index in [9.17, 15) is 33.9 Å². The van der Waals surface area contributed by atoms with E-state index in [4.69, 9.17) is 20.9 Å². The number of nitrogens with one attached hydrogen (secondary N) is 6. The molecule has 0 bridgehead atoms. The van der Waals surface area contributed by atoms with Gasteiger partial charge in [-0.15, -0.1) is 0 Å². The number of aliphatic hydroxyl groups is 1. The number of rotatable bonds is 7. The fourth-order valence-corrected chi connectivity index (χ4v) is 3.01. The van der Waals surface area contributed by atoms with Gasteiger partial charge in [0, 0.05) is 6.54 Å². The third-order valence-electron chi connectivity index (χ3n) is 4.89. The van der Waals surface area contributed by atoms with Crippen LogP contribution in [0.2, 0.25) is 0 Å². The maximum absolute atomic E-state index is 12.6. The zero-order valence-corrected chi connectivity index (χ0v) is 20.4. The molecule has 7 amide bonds. The molecule has 17 nitrogen and oxygen atoms in total. The van der Waals surface area contributed by atoms with Crippen molar-refractivity contribution in [1.29, 1.82) is 0 Å². The van der Waals surface area contributed by atoms with Crippen LogP contribution in [0.4, 0.5) is 4.79 Å². The first-order valence-corrected chi connectivity index (χ1v) is 11.7. The molecule has 1 aliphatic heterocycles. The Bertz CT molecular complexity index is 798. The van der Waals surface area contributed by atoms with E-state index in [0.29, 0.717) is 19.4 Å². The third kappa shape index (κ3) is 13.4. The summed E-state index contributed by atoms with van der Waals surface area (Å²) in [5.41, 5.74) is 14.6. The van der Waals surface area contributed by atoms with E-state index in [2.05, 4.69) is 21.3 Å². The van der Waals surface area contributed by atoms with Gasteiger partial charge in [-0.25, -0.2) is 4.79 Å². The van der Waals surface area contributed by atoms with Gasteiger partial charge in [-0.1, -0.05) is 0 Å². The van der Waals surface area contributed by atoms with Gasteiger partial charge < -0.3 is 47.3 Å². The first kappa shape index (κ1) is 31.5. The highest BCUT2D eigenvalue weighted by Gasteiger charge is 2.27. The lowest BCUT2D eigenvalue weighted by molar-refractivity contribution is -0.135. The largest absolute Gasteiger partial charge is 0.394 e. The summed E-state index contributed by atoms with van der Waals surface area (Å²) >= 11 is 0. The minimum Gasteiger partial charge on any atom is -0.394 e. The highest BCUT2D eigenvalue weighted by molar-refractivity contribution is 5.94. The second-order valence-corrected chi connectivity index (χ2v) is 7.92. The number of unbranched alkanes of at least 4 members (excludes halogenated alkanes) is 1. The molecule has 17 heteroatoms. The van der Waals surface area contributed by atoms with E-state index in [0.717, 1.165) is 0 Å². The summed E-state index contributed by atoms with van der Waals surface area (Å²) in [6, 6.07) is -4.88. The van der Waals surface area contributed by atoms with Crippen molar-refractivity contribution in [3.05, 3.63) is 0 Å². The van der Waals surface area contributed by atoms with Crippen LogP contribution in [-0.4, -0.2) is 105 Å². The number of aliphatic hydroxyl groups excluding tert-OH is 1. The number of carbonyl (C=O) groups excluding carboxylic acids is 6. The number of primary amides is 1. The van der Waals surface area contributed by atoms with Crippen LogP contribution >= 0.6 is 0 Å². The van der Waals surface area contributed by atoms with Gasteiger partial charge in [-0.3, -0.25) is 34.8 Å². The molecule has 1 heterocycles. The summed E-state index contributed by atoms with van der Waals surface area (Å²) < 4.78 is 10.4. The summed E-state index contributed by atoms with van der Waals surface area (Å²) in [4.78, 5) is 73.3. The number of hydrogen-bond acceptors (Lipinski definition) is 10. The lowest BCUT2D eigenvalue weighted by Crippen LogP contribution is -2.59. The average molecular weight is 533 g/mol. The third-order valence-corrected chi connectivity index (χ3v) is 4.89. The number of ether oxygens (including phenoxy) is 2. The van der Waals surface area contributed by atoms with E-state index in [1.165, 1.54) is 0 Å². The van der Waals surface area contributed by atoms with Gasteiger partial charge in [0.1, 0.15) is 24.7 Å². The summed E-state index contributed by atoms with van der Waals surface area (Å²) in [6.07, 6.45) is 0.749. The van der Waals surface area contributed by atoms with Crippen molar-refractivity contribution in [3.63, 3.8) is 0 Å². The van der Waals surface area contributed by atoms with Crippen molar-refractivity contribution in [3.8, 4) is 0 Å². The monoisotopic (exact) mass is 532 g/mol. The van der Waals surface area contributed by atoms with Crippen molar-refractivity contribution in [2.24, 2.45) is 11.5 Å². The number of nitrogens with two attached hydrogens (primary N) is 2. The van der Waals surface area contributed by atoms with Crippen molar-refractivity contribution >= 4 is 35.6 Å². The standard InChI is InChI=1S/C20H36N8O9/c21-4-2-1-3-12-17(32)23-5-6-36-7-8-37-11-16(31)24-14(10-29)19(34)28-27-18(33)13(9-15(22)30)26-20(35)25-12/h12-14,29H,1-11,21H2,(H2,22,30)(H,23,32)(H,24,31)(H,27,33)(H,28,34)(H2,25,26,35). The molecule has 0 aromatic heterocycles. The van der Waals surface area contributed by atoms with Crippen LogP contribution in [0.15, 0.2) is 0 Å². The lowest BCUT2D eigenvalue weighted by atomic mass is 10.1. The second-order valence-electron chi connectivity index (χ2n) is 7.92. The first-order valence-electron chi connectivity index (χ1n) is 11.7. The second kappa shape index (κ2) is 17.8. The molecule has 3 unspecified atom stereocenters. The van der Waals surface area contributed by atoms with Gasteiger partial charge >= 0.3 is 6.03 Å². The van der Waals surface area contributed by atoms with Crippen LogP contribution in [0, 0.1) is 0 Å². The molecule has 37 heavy (non-hydrogen) atoms. The van der Waals surface area contributed by atoms with Gasteiger partial charge in [0.25, 0.3) is 11.8 Å². The fourth-order valence-electron chi connectivity index (χ4n) is 3.01. The van der Waals surface area contributed by atoms with E-state index in [1.54, 1.807) is 0 Å². The van der Waals surface area contributed by atoms with Crippen LogP contribution in [-0.2, 0) is 33.4 Å². The minimum absolute atomic E-state index is 0.0398. The van der Waals surface area contributed by atoms with Crippen LogP contribution in [0.1, 0.15) is 25.7 Å². The Morgan fingerprint density at radius 1 is 0.865 bits per heavy atom. The topological polar surface area (TPSA) is 265 Å². The number of hydrogen-bond donors (Lipinski definition) is 9. The zero-order valence-electron chi connectivity index (χ0n) is 20.4. The fraction of sp³-hybridized carbons (Fsp3) is 0.700. The smallest absolute Gasteiger partial charge is 0.316 e. The van der Waals surface area contributed by atoms with E-state index in [1.807, 2.05) is 10.9 Å². The molecule has 1 fully saturated rings. The Labute approximate surface area is 213 Å². The first-order chi connectivity index (χ1) is 17.7. The molecule has 1 rings (SSSR count). The predicted octanol–water partition coefficient (Wildman–Crippen LogP) is -5.19. The summed E-state index contributed by atoms with van der Waals surface area (Å²) in [5, 5.41) is 18.9. The molecule has 1 aliphatic rings. The maximum atomic E-state index is 12.6. The number of hydrazine groups is 1. The molecule has 0 spiro atoms. The predicted molar refractivity (Wildman–Crippen MR) is 126 cm³/mol. The Morgan fingerprint density at radius 2 is 1.51 bits per heavy atom. The van der Waals surface area contributed by atoms with Gasteiger partial charge in [-0.05, 0) is 25.8 Å². The van der Waals surface area contributed by atoms with Gasteiger partial charge in [0.05, 0.1) is 32.8 Å². The highest BCUT2D eigenvalue weighted by Crippen LogP contribution is 2.02. The summed E-state index contributed by atoms with van der Waals surface area (Å²) in [6.45, 7) is -0.445. The number of amides is 7. The lowest BCUT2D eigenvalue weighted by Gasteiger charge is -2.22. The minimum atomic E-state index is -1.52. The zero-order chi connectivity index (χ0) is 27.6. The van der Waals surface area contributed by atoms with E-state index < -0.39 is 73.3 Å². The van der Waals surface area contributed by atoms with Crippen LogP contribution < -0.4 is 43.6 Å². The molecule has 1 saturated heterocycles. The molecular formula is C20H36N8O9. The van der Waals surface area contributed by atoms with Crippen molar-refractivity contribution < 1.29 is 43.3 Å². The number of urea groups is 1. The van der Waals surface area contributed by atoms with Gasteiger partial charge in [0.15, 0.2) is 0 Å². The molecule has 0 radical (unpaired) electrons.